The summed E-state index contributed by atoms with van der Waals surface area (Å²) in [6, 6.07) is 6.93. The van der Waals surface area contributed by atoms with Crippen LogP contribution in [0.25, 0.3) is 0 Å². The van der Waals surface area contributed by atoms with E-state index in [1.54, 1.807) is 12.1 Å². The molecule has 1 unspecified atom stereocenters. The summed E-state index contributed by atoms with van der Waals surface area (Å²) in [6.45, 7) is 4.59. The standard InChI is InChI=1S/C11H14ClNO/c1-3-13-8(2)11(14)9-6-4-5-7-10(9)12/h4-8,13H,3H2,1-2H3. The van der Waals surface area contributed by atoms with E-state index in [2.05, 4.69) is 5.32 Å². The van der Waals surface area contributed by atoms with Crippen molar-refractivity contribution in [3.63, 3.8) is 0 Å². The van der Waals surface area contributed by atoms with Crippen LogP contribution in [0.1, 0.15) is 24.2 Å². The maximum absolute atomic E-state index is 11.8. The molecule has 14 heavy (non-hydrogen) atoms. The number of benzene rings is 1. The molecule has 3 heteroatoms. The van der Waals surface area contributed by atoms with Crippen molar-refractivity contribution in [3.05, 3.63) is 34.9 Å². The zero-order valence-electron chi connectivity index (χ0n) is 8.38. The number of nitrogens with one attached hydrogen (secondary N) is 1. The highest BCUT2D eigenvalue weighted by atomic mass is 35.5. The van der Waals surface area contributed by atoms with Crippen LogP contribution >= 0.6 is 11.6 Å². The van der Waals surface area contributed by atoms with Gasteiger partial charge in [0.2, 0.25) is 0 Å². The summed E-state index contributed by atoms with van der Waals surface area (Å²) in [5.74, 6) is 0.0393. The van der Waals surface area contributed by atoms with Gasteiger partial charge in [-0.1, -0.05) is 30.7 Å². The first kappa shape index (κ1) is 11.2. The van der Waals surface area contributed by atoms with Crippen LogP contribution in [0.4, 0.5) is 0 Å². The minimum absolute atomic E-state index is 0.0393. The van der Waals surface area contributed by atoms with Gasteiger partial charge in [0, 0.05) is 5.56 Å². The third-order valence-electron chi connectivity index (χ3n) is 2.04. The van der Waals surface area contributed by atoms with Crippen LogP contribution in [0, 0.1) is 0 Å². The molecule has 2 nitrogen and oxygen atoms in total. The summed E-state index contributed by atoms with van der Waals surface area (Å²) >= 11 is 5.91. The molecule has 0 aliphatic rings. The molecule has 0 saturated heterocycles. The fourth-order valence-corrected chi connectivity index (χ4v) is 1.52. The number of carbonyl (C=O) groups is 1. The van der Waals surface area contributed by atoms with E-state index in [0.717, 1.165) is 6.54 Å². The van der Waals surface area contributed by atoms with Crippen molar-refractivity contribution in [1.82, 2.24) is 5.32 Å². The average Bonchev–Trinajstić information content (AvgIpc) is 2.18. The lowest BCUT2D eigenvalue weighted by Crippen LogP contribution is -2.33. The Bertz CT molecular complexity index is 325. The Hall–Kier alpha value is -0.860. The van der Waals surface area contributed by atoms with E-state index < -0.39 is 0 Å². The molecule has 0 fully saturated rings. The summed E-state index contributed by atoms with van der Waals surface area (Å²) in [5.41, 5.74) is 0.586. The van der Waals surface area contributed by atoms with Gasteiger partial charge in [-0.2, -0.15) is 0 Å². The Labute approximate surface area is 89.3 Å². The molecule has 0 amide bonds. The number of hydrogen-bond acceptors (Lipinski definition) is 2. The smallest absolute Gasteiger partial charge is 0.180 e. The number of hydrogen-bond donors (Lipinski definition) is 1. The molecule has 0 aliphatic heterocycles. The maximum Gasteiger partial charge on any atom is 0.180 e. The highest BCUT2D eigenvalue weighted by molar-refractivity contribution is 6.34. The minimum Gasteiger partial charge on any atom is -0.308 e. The molecule has 0 aliphatic carbocycles. The molecular formula is C11H14ClNO. The van der Waals surface area contributed by atoms with E-state index in [0.29, 0.717) is 10.6 Å². The molecule has 1 atom stereocenters. The van der Waals surface area contributed by atoms with Crippen molar-refractivity contribution in [1.29, 1.82) is 0 Å². The number of ketones is 1. The first-order valence-electron chi connectivity index (χ1n) is 4.69. The summed E-state index contributed by atoms with van der Waals surface area (Å²) < 4.78 is 0. The highest BCUT2D eigenvalue weighted by Gasteiger charge is 2.15. The lowest BCUT2D eigenvalue weighted by atomic mass is 10.1. The van der Waals surface area contributed by atoms with Crippen molar-refractivity contribution >= 4 is 17.4 Å². The molecular weight excluding hydrogens is 198 g/mol. The van der Waals surface area contributed by atoms with Crippen LogP contribution < -0.4 is 5.32 Å². The van der Waals surface area contributed by atoms with Crippen LogP contribution in [-0.2, 0) is 0 Å². The van der Waals surface area contributed by atoms with E-state index >= 15 is 0 Å². The van der Waals surface area contributed by atoms with Gasteiger partial charge in [-0.05, 0) is 25.6 Å². The summed E-state index contributed by atoms with van der Waals surface area (Å²) in [6.07, 6.45) is 0. The Morgan fingerprint density at radius 1 is 1.50 bits per heavy atom. The molecule has 1 aromatic rings. The summed E-state index contributed by atoms with van der Waals surface area (Å²) in [4.78, 5) is 11.8. The molecule has 0 radical (unpaired) electrons. The van der Waals surface area contributed by atoms with Crippen LogP contribution in [0.5, 0.6) is 0 Å². The van der Waals surface area contributed by atoms with Crippen LogP contribution in [0.2, 0.25) is 5.02 Å². The largest absolute Gasteiger partial charge is 0.308 e. The van der Waals surface area contributed by atoms with Crippen molar-refractivity contribution < 1.29 is 4.79 Å². The van der Waals surface area contributed by atoms with Gasteiger partial charge in [-0.3, -0.25) is 4.79 Å². The second-order valence-corrected chi connectivity index (χ2v) is 3.53. The lowest BCUT2D eigenvalue weighted by Gasteiger charge is -2.11. The van der Waals surface area contributed by atoms with Crippen molar-refractivity contribution in [2.75, 3.05) is 6.54 Å². The van der Waals surface area contributed by atoms with E-state index in [1.807, 2.05) is 26.0 Å². The van der Waals surface area contributed by atoms with Gasteiger partial charge in [0.05, 0.1) is 11.1 Å². The van der Waals surface area contributed by atoms with Gasteiger partial charge in [0.25, 0.3) is 0 Å². The number of likely N-dealkylation sites (N-methyl/N-ethyl adjacent to an activating group) is 1. The normalized spacial score (nSPS) is 12.5. The molecule has 1 aromatic carbocycles. The predicted octanol–water partition coefficient (Wildman–Crippen LogP) is 2.52. The molecule has 0 bridgehead atoms. The molecule has 0 heterocycles. The number of carbonyl (C=O) groups excluding carboxylic acids is 1. The first-order valence-corrected chi connectivity index (χ1v) is 5.06. The summed E-state index contributed by atoms with van der Waals surface area (Å²) in [7, 11) is 0. The van der Waals surface area contributed by atoms with Crippen molar-refractivity contribution in [2.45, 2.75) is 19.9 Å². The Morgan fingerprint density at radius 2 is 2.14 bits per heavy atom. The second kappa shape index (κ2) is 5.13. The summed E-state index contributed by atoms with van der Waals surface area (Å²) in [5, 5.41) is 3.58. The van der Waals surface area contributed by atoms with Crippen molar-refractivity contribution in [3.8, 4) is 0 Å². The fraction of sp³-hybridized carbons (Fsp3) is 0.364. The Kier molecular flexibility index (Phi) is 4.11. The average molecular weight is 212 g/mol. The number of rotatable bonds is 4. The highest BCUT2D eigenvalue weighted by Crippen LogP contribution is 2.16. The quantitative estimate of drug-likeness (QED) is 0.776. The number of halogens is 1. The molecule has 0 spiro atoms. The van der Waals surface area contributed by atoms with Crippen molar-refractivity contribution in [2.24, 2.45) is 0 Å². The monoisotopic (exact) mass is 211 g/mol. The minimum atomic E-state index is -0.181. The van der Waals surface area contributed by atoms with E-state index in [1.165, 1.54) is 0 Å². The topological polar surface area (TPSA) is 29.1 Å². The number of Topliss-reactive ketones (excluding diaryl/α,β-unsaturated/α-hetero) is 1. The first-order chi connectivity index (χ1) is 6.66. The van der Waals surface area contributed by atoms with Gasteiger partial charge in [0.1, 0.15) is 0 Å². The second-order valence-electron chi connectivity index (χ2n) is 3.12. The van der Waals surface area contributed by atoms with Gasteiger partial charge < -0.3 is 5.32 Å². The SMILES string of the molecule is CCNC(C)C(=O)c1ccccc1Cl. The van der Waals surface area contributed by atoms with E-state index in [9.17, 15) is 4.79 Å². The van der Waals surface area contributed by atoms with Gasteiger partial charge in [-0.15, -0.1) is 0 Å². The van der Waals surface area contributed by atoms with E-state index in [4.69, 9.17) is 11.6 Å². The zero-order chi connectivity index (χ0) is 10.6. The van der Waals surface area contributed by atoms with Crippen LogP contribution in [0.15, 0.2) is 24.3 Å². The molecule has 76 valence electrons. The van der Waals surface area contributed by atoms with E-state index in [-0.39, 0.29) is 11.8 Å². The van der Waals surface area contributed by atoms with Gasteiger partial charge in [0.15, 0.2) is 5.78 Å². The maximum atomic E-state index is 11.8. The zero-order valence-corrected chi connectivity index (χ0v) is 9.14. The fourth-order valence-electron chi connectivity index (χ4n) is 1.29. The van der Waals surface area contributed by atoms with Crippen LogP contribution in [0.3, 0.4) is 0 Å². The van der Waals surface area contributed by atoms with Gasteiger partial charge in [-0.25, -0.2) is 0 Å². The Balaban J connectivity index is 2.84. The molecule has 1 rings (SSSR count). The van der Waals surface area contributed by atoms with Gasteiger partial charge >= 0.3 is 0 Å². The third kappa shape index (κ3) is 2.56. The third-order valence-corrected chi connectivity index (χ3v) is 2.37. The van der Waals surface area contributed by atoms with Crippen LogP contribution in [-0.4, -0.2) is 18.4 Å². The lowest BCUT2D eigenvalue weighted by molar-refractivity contribution is 0.0952. The molecule has 0 saturated carbocycles. The molecule has 0 aromatic heterocycles. The Morgan fingerprint density at radius 3 is 2.71 bits per heavy atom. The predicted molar refractivity (Wildman–Crippen MR) is 58.9 cm³/mol. The molecule has 1 N–H and O–H groups in total.